The molecule has 0 aliphatic rings. The summed E-state index contributed by atoms with van der Waals surface area (Å²) in [5.74, 6) is 0.909. The SMILES string of the molecule is c1ccc(-c2ccc3oc4c(-c5ccc6c(c5)c5ccccc5n6-c5cccc(-c6nc7ccccc7n6-c6ccccc6)c5)cc(-c5ccccc5)cc4c3c2)cc1. The van der Waals surface area contributed by atoms with E-state index in [0.717, 1.165) is 83.5 Å². The average Bonchev–Trinajstić information content (AvgIpc) is 3.99. The van der Waals surface area contributed by atoms with E-state index in [0.29, 0.717) is 0 Å². The average molecular weight is 754 g/mol. The molecular formula is C55H35N3O. The van der Waals surface area contributed by atoms with Gasteiger partial charge in [-0.05, 0) is 107 Å². The summed E-state index contributed by atoms with van der Waals surface area (Å²) in [5.41, 5.74) is 16.2. The molecule has 0 unspecified atom stereocenters. The number of hydrogen-bond acceptors (Lipinski definition) is 2. The first-order valence-corrected chi connectivity index (χ1v) is 20.0. The van der Waals surface area contributed by atoms with Crippen molar-refractivity contribution in [3.05, 3.63) is 212 Å². The highest BCUT2D eigenvalue weighted by Gasteiger charge is 2.20. The summed E-state index contributed by atoms with van der Waals surface area (Å²) in [5, 5.41) is 4.59. The van der Waals surface area contributed by atoms with E-state index in [1.807, 2.05) is 0 Å². The van der Waals surface area contributed by atoms with Crippen molar-refractivity contribution in [2.45, 2.75) is 0 Å². The molecule has 4 nitrogen and oxygen atoms in total. The predicted molar refractivity (Wildman–Crippen MR) is 244 cm³/mol. The Morgan fingerprint density at radius 1 is 0.339 bits per heavy atom. The Morgan fingerprint density at radius 2 is 0.949 bits per heavy atom. The largest absolute Gasteiger partial charge is 0.455 e. The molecule has 0 saturated carbocycles. The van der Waals surface area contributed by atoms with Crippen LogP contribution in [0.3, 0.4) is 0 Å². The fourth-order valence-corrected chi connectivity index (χ4v) is 8.96. The highest BCUT2D eigenvalue weighted by molar-refractivity contribution is 6.15. The molecule has 3 aromatic heterocycles. The van der Waals surface area contributed by atoms with Crippen molar-refractivity contribution in [2.75, 3.05) is 0 Å². The summed E-state index contributed by atoms with van der Waals surface area (Å²) in [6.45, 7) is 0. The molecule has 0 N–H and O–H groups in total. The molecule has 276 valence electrons. The van der Waals surface area contributed by atoms with Gasteiger partial charge in [-0.3, -0.25) is 4.57 Å². The lowest BCUT2D eigenvalue weighted by Crippen LogP contribution is -1.99. The van der Waals surface area contributed by atoms with Gasteiger partial charge in [-0.1, -0.05) is 133 Å². The second-order valence-corrected chi connectivity index (χ2v) is 15.2. The summed E-state index contributed by atoms with van der Waals surface area (Å²) in [4.78, 5) is 5.19. The summed E-state index contributed by atoms with van der Waals surface area (Å²) < 4.78 is 11.4. The van der Waals surface area contributed by atoms with E-state index >= 15 is 0 Å². The molecular weight excluding hydrogens is 719 g/mol. The van der Waals surface area contributed by atoms with E-state index in [2.05, 4.69) is 221 Å². The Bertz CT molecular complexity index is 3540. The van der Waals surface area contributed by atoms with Crippen molar-refractivity contribution in [2.24, 2.45) is 0 Å². The van der Waals surface area contributed by atoms with Gasteiger partial charge in [0.25, 0.3) is 0 Å². The van der Waals surface area contributed by atoms with Crippen LogP contribution in [0.15, 0.2) is 217 Å². The molecule has 0 spiro atoms. The number of rotatable bonds is 6. The quantitative estimate of drug-likeness (QED) is 0.169. The fraction of sp³-hybridized carbons (Fsp3) is 0. The lowest BCUT2D eigenvalue weighted by atomic mass is 9.94. The van der Waals surface area contributed by atoms with Crippen molar-refractivity contribution in [3.63, 3.8) is 0 Å². The van der Waals surface area contributed by atoms with Gasteiger partial charge in [0.05, 0.1) is 22.1 Å². The highest BCUT2D eigenvalue weighted by atomic mass is 16.3. The van der Waals surface area contributed by atoms with E-state index in [1.165, 1.54) is 27.5 Å². The number of benzene rings is 9. The molecule has 0 atom stereocenters. The monoisotopic (exact) mass is 753 g/mol. The van der Waals surface area contributed by atoms with Crippen molar-refractivity contribution in [1.29, 1.82) is 0 Å². The van der Waals surface area contributed by atoms with E-state index in [4.69, 9.17) is 9.40 Å². The zero-order valence-corrected chi connectivity index (χ0v) is 32.0. The van der Waals surface area contributed by atoms with Crippen LogP contribution >= 0.6 is 0 Å². The van der Waals surface area contributed by atoms with Crippen molar-refractivity contribution < 1.29 is 4.42 Å². The van der Waals surface area contributed by atoms with E-state index in [9.17, 15) is 0 Å². The molecule has 0 amide bonds. The number of fused-ring (bicyclic) bond motifs is 7. The summed E-state index contributed by atoms with van der Waals surface area (Å²) >= 11 is 0. The highest BCUT2D eigenvalue weighted by Crippen LogP contribution is 2.43. The zero-order valence-electron chi connectivity index (χ0n) is 32.0. The number of furan rings is 1. The molecule has 59 heavy (non-hydrogen) atoms. The molecule has 4 heteroatoms. The van der Waals surface area contributed by atoms with Gasteiger partial charge < -0.3 is 8.98 Å². The van der Waals surface area contributed by atoms with E-state index in [-0.39, 0.29) is 0 Å². The second kappa shape index (κ2) is 13.3. The van der Waals surface area contributed by atoms with Gasteiger partial charge in [0, 0.05) is 44.0 Å². The minimum absolute atomic E-state index is 0.879. The Hall–Kier alpha value is -7.95. The Labute approximate surface area is 340 Å². The lowest BCUT2D eigenvalue weighted by molar-refractivity contribution is 0.670. The fourth-order valence-electron chi connectivity index (χ4n) is 8.96. The Balaban J connectivity index is 1.05. The summed E-state index contributed by atoms with van der Waals surface area (Å²) in [6.07, 6.45) is 0. The molecule has 0 bridgehead atoms. The minimum atomic E-state index is 0.879. The molecule has 0 saturated heterocycles. The number of aromatic nitrogens is 3. The van der Waals surface area contributed by atoms with Gasteiger partial charge in [0.1, 0.15) is 17.0 Å². The van der Waals surface area contributed by atoms with E-state index in [1.54, 1.807) is 0 Å². The maximum Gasteiger partial charge on any atom is 0.145 e. The molecule has 3 heterocycles. The molecule has 12 rings (SSSR count). The van der Waals surface area contributed by atoms with Crippen LogP contribution in [-0.4, -0.2) is 14.1 Å². The summed E-state index contributed by atoms with van der Waals surface area (Å²) in [6, 6.07) is 75.5. The maximum atomic E-state index is 6.80. The van der Waals surface area contributed by atoms with Crippen molar-refractivity contribution in [1.82, 2.24) is 14.1 Å². The molecule has 12 aromatic rings. The third-order valence-electron chi connectivity index (χ3n) is 11.7. The summed E-state index contributed by atoms with van der Waals surface area (Å²) in [7, 11) is 0. The number of nitrogens with zero attached hydrogens (tertiary/aromatic N) is 3. The van der Waals surface area contributed by atoms with Crippen LogP contribution in [0.5, 0.6) is 0 Å². The van der Waals surface area contributed by atoms with Gasteiger partial charge in [0.2, 0.25) is 0 Å². The molecule has 0 fully saturated rings. The van der Waals surface area contributed by atoms with E-state index < -0.39 is 0 Å². The van der Waals surface area contributed by atoms with Gasteiger partial charge in [0.15, 0.2) is 0 Å². The van der Waals surface area contributed by atoms with Crippen LogP contribution < -0.4 is 0 Å². The smallest absolute Gasteiger partial charge is 0.145 e. The number of para-hydroxylation sites is 4. The topological polar surface area (TPSA) is 35.9 Å². The van der Waals surface area contributed by atoms with Crippen molar-refractivity contribution in [3.8, 4) is 56.1 Å². The normalized spacial score (nSPS) is 11.7. The third kappa shape index (κ3) is 5.42. The Morgan fingerprint density at radius 3 is 1.76 bits per heavy atom. The van der Waals surface area contributed by atoms with Crippen LogP contribution in [0, 0.1) is 0 Å². The van der Waals surface area contributed by atoms with Crippen molar-refractivity contribution >= 4 is 54.8 Å². The number of imidazole rings is 1. The predicted octanol–water partition coefficient (Wildman–Crippen LogP) is 14.7. The van der Waals surface area contributed by atoms with Crippen LogP contribution in [0.1, 0.15) is 0 Å². The first-order valence-electron chi connectivity index (χ1n) is 20.0. The third-order valence-corrected chi connectivity index (χ3v) is 11.7. The van der Waals surface area contributed by atoms with Gasteiger partial charge in [-0.2, -0.15) is 0 Å². The Kier molecular flexibility index (Phi) is 7.50. The van der Waals surface area contributed by atoms with Crippen LogP contribution in [0.25, 0.3) is 111 Å². The van der Waals surface area contributed by atoms with Gasteiger partial charge in [-0.15, -0.1) is 0 Å². The first kappa shape index (κ1) is 33.2. The van der Waals surface area contributed by atoms with Gasteiger partial charge in [-0.25, -0.2) is 4.98 Å². The van der Waals surface area contributed by atoms with Crippen LogP contribution in [-0.2, 0) is 0 Å². The molecule has 0 radical (unpaired) electrons. The van der Waals surface area contributed by atoms with Crippen LogP contribution in [0.2, 0.25) is 0 Å². The molecule has 0 aliphatic carbocycles. The molecule has 9 aromatic carbocycles. The van der Waals surface area contributed by atoms with Gasteiger partial charge >= 0.3 is 0 Å². The zero-order chi connectivity index (χ0) is 38.9. The minimum Gasteiger partial charge on any atom is -0.455 e. The second-order valence-electron chi connectivity index (χ2n) is 15.2. The molecule has 0 aliphatic heterocycles. The maximum absolute atomic E-state index is 6.80. The first-order chi connectivity index (χ1) is 29.2. The standard InChI is InChI=1S/C55H35N3O/c1-4-15-36(16-5-1)38-28-30-53-47(32-38)48-35-41(37-17-6-2-7-18-37)34-45(54(48)59-53)39-27-29-51-46(33-39)44-23-10-12-25-50(44)57(51)43-22-14-19-40(31-43)55-56-49-24-11-13-26-52(49)58(55)42-20-8-3-9-21-42/h1-35H. The number of hydrogen-bond donors (Lipinski definition) is 0. The lowest BCUT2D eigenvalue weighted by Gasteiger charge is -2.13. The van der Waals surface area contributed by atoms with Crippen LogP contribution in [0.4, 0.5) is 0 Å².